The van der Waals surface area contributed by atoms with E-state index in [1.807, 2.05) is 19.1 Å². The predicted octanol–water partition coefficient (Wildman–Crippen LogP) is 3.32. The van der Waals surface area contributed by atoms with Crippen molar-refractivity contribution < 1.29 is 27.5 Å². The summed E-state index contributed by atoms with van der Waals surface area (Å²) in [6, 6.07) is 20.2. The molecule has 1 heterocycles. The average molecular weight is 579 g/mol. The molecule has 1 saturated heterocycles. The molecule has 0 bridgehead atoms. The lowest BCUT2D eigenvalue weighted by Crippen LogP contribution is -2.40. The van der Waals surface area contributed by atoms with Crippen molar-refractivity contribution >= 4 is 33.7 Å². The number of aryl methyl sites for hydroxylation is 2. The number of ether oxygens (including phenoxy) is 2. The third-order valence-corrected chi connectivity index (χ3v) is 8.23. The van der Waals surface area contributed by atoms with Gasteiger partial charge in [-0.05, 0) is 85.8 Å². The highest BCUT2D eigenvalue weighted by Crippen LogP contribution is 2.27. The molecule has 1 unspecified atom stereocenters. The molecule has 1 fully saturated rings. The molecular formula is C30H34N4O6S. The second-order valence-electron chi connectivity index (χ2n) is 9.70. The number of anilines is 1. The van der Waals surface area contributed by atoms with E-state index in [2.05, 4.69) is 15.8 Å². The van der Waals surface area contributed by atoms with Crippen LogP contribution in [0.3, 0.4) is 0 Å². The van der Waals surface area contributed by atoms with E-state index in [9.17, 15) is 18.0 Å². The molecule has 1 aliphatic rings. The number of benzene rings is 3. The number of amides is 2. The molecule has 2 N–H and O–H groups in total. The van der Waals surface area contributed by atoms with Crippen LogP contribution in [0.15, 0.2) is 82.8 Å². The fraction of sp³-hybridized carbons (Fsp3) is 0.300. The van der Waals surface area contributed by atoms with Crippen LogP contribution in [0.2, 0.25) is 0 Å². The van der Waals surface area contributed by atoms with Crippen molar-refractivity contribution in [1.29, 1.82) is 0 Å². The zero-order valence-corrected chi connectivity index (χ0v) is 23.9. The maximum Gasteiger partial charge on any atom is 0.264 e. The number of nitrogens with one attached hydrogen (secondary N) is 2. The Balaban J connectivity index is 1.34. The van der Waals surface area contributed by atoms with E-state index in [4.69, 9.17) is 9.47 Å². The lowest BCUT2D eigenvalue weighted by molar-refractivity contribution is -0.123. The first-order valence-corrected chi connectivity index (χ1v) is 14.7. The minimum absolute atomic E-state index is 0.0704. The Hall–Kier alpha value is -4.22. The van der Waals surface area contributed by atoms with E-state index in [0.717, 1.165) is 29.3 Å². The first-order chi connectivity index (χ1) is 19.7. The lowest BCUT2D eigenvalue weighted by Gasteiger charge is -2.25. The molecule has 0 aliphatic carbocycles. The van der Waals surface area contributed by atoms with Crippen molar-refractivity contribution in [2.24, 2.45) is 5.10 Å². The highest BCUT2D eigenvalue weighted by Gasteiger charge is 2.28. The van der Waals surface area contributed by atoms with E-state index in [1.165, 1.54) is 18.3 Å². The van der Waals surface area contributed by atoms with Crippen LogP contribution in [0.25, 0.3) is 0 Å². The summed E-state index contributed by atoms with van der Waals surface area (Å²) in [6.45, 7) is 4.30. The summed E-state index contributed by atoms with van der Waals surface area (Å²) in [5.41, 5.74) is 5.08. The lowest BCUT2D eigenvalue weighted by atomic mass is 10.1. The number of hydrogen-bond donors (Lipinski definition) is 2. The molecule has 4 rings (SSSR count). The summed E-state index contributed by atoms with van der Waals surface area (Å²) >= 11 is 0. The van der Waals surface area contributed by atoms with Gasteiger partial charge in [0, 0.05) is 13.2 Å². The quantitative estimate of drug-likeness (QED) is 0.251. The van der Waals surface area contributed by atoms with Gasteiger partial charge in [0.15, 0.2) is 6.61 Å². The standard InChI is InChI=1S/C30H34N4O6S/c1-22-10-11-23(2)28(17-22)34(41(37,38)27-8-4-3-5-9-27)20-29(35)33-32-18-24-12-14-25(15-13-24)40-21-30(36)31-19-26-7-6-16-39-26/h3-5,8-15,17-18,26H,6-7,16,19-21H2,1-2H3,(H,31,36)(H,33,35)/b32-18+. The van der Waals surface area contributed by atoms with Gasteiger partial charge in [0.2, 0.25) is 0 Å². The highest BCUT2D eigenvalue weighted by atomic mass is 32.2. The minimum Gasteiger partial charge on any atom is -0.484 e. The molecule has 1 atom stereocenters. The van der Waals surface area contributed by atoms with Gasteiger partial charge in [-0.3, -0.25) is 13.9 Å². The number of hydrazone groups is 1. The van der Waals surface area contributed by atoms with Crippen LogP contribution in [0.5, 0.6) is 5.75 Å². The van der Waals surface area contributed by atoms with E-state index >= 15 is 0 Å². The molecule has 3 aromatic rings. The minimum atomic E-state index is -4.02. The van der Waals surface area contributed by atoms with Gasteiger partial charge >= 0.3 is 0 Å². The summed E-state index contributed by atoms with van der Waals surface area (Å²) in [5.74, 6) is -0.317. The molecule has 1 aliphatic heterocycles. The predicted molar refractivity (Wildman–Crippen MR) is 157 cm³/mol. The molecule has 41 heavy (non-hydrogen) atoms. The number of hydrogen-bond acceptors (Lipinski definition) is 7. The molecule has 10 nitrogen and oxygen atoms in total. The first-order valence-electron chi connectivity index (χ1n) is 13.3. The number of sulfonamides is 1. The van der Waals surface area contributed by atoms with E-state index < -0.39 is 22.5 Å². The molecule has 0 aromatic heterocycles. The first kappa shape index (κ1) is 29.8. The maximum absolute atomic E-state index is 13.5. The van der Waals surface area contributed by atoms with Gasteiger partial charge < -0.3 is 14.8 Å². The molecule has 216 valence electrons. The van der Waals surface area contributed by atoms with Crippen LogP contribution < -0.4 is 19.8 Å². The van der Waals surface area contributed by atoms with Gasteiger partial charge in [0.05, 0.1) is 22.9 Å². The van der Waals surface area contributed by atoms with Gasteiger partial charge in [-0.15, -0.1) is 0 Å². The largest absolute Gasteiger partial charge is 0.484 e. The van der Waals surface area contributed by atoms with Crippen molar-refractivity contribution in [1.82, 2.24) is 10.7 Å². The van der Waals surface area contributed by atoms with Crippen LogP contribution in [0.4, 0.5) is 5.69 Å². The Kier molecular flexibility index (Phi) is 10.1. The zero-order valence-electron chi connectivity index (χ0n) is 23.1. The van der Waals surface area contributed by atoms with Crippen molar-refractivity contribution in [3.8, 4) is 5.75 Å². The Morgan fingerprint density at radius 2 is 1.80 bits per heavy atom. The van der Waals surface area contributed by atoms with Crippen LogP contribution in [-0.2, 0) is 24.3 Å². The van der Waals surface area contributed by atoms with E-state index in [0.29, 0.717) is 29.1 Å². The summed E-state index contributed by atoms with van der Waals surface area (Å²) < 4.78 is 39.1. The monoisotopic (exact) mass is 578 g/mol. The van der Waals surface area contributed by atoms with Gasteiger partial charge in [0.25, 0.3) is 21.8 Å². The van der Waals surface area contributed by atoms with Crippen molar-refractivity contribution in [2.75, 3.05) is 30.6 Å². The number of rotatable bonds is 12. The zero-order chi connectivity index (χ0) is 29.2. The molecule has 3 aromatic carbocycles. The molecule has 2 amide bonds. The normalized spacial score (nSPS) is 15.0. The molecular weight excluding hydrogens is 544 g/mol. The van der Waals surface area contributed by atoms with Crippen LogP contribution in [0, 0.1) is 13.8 Å². The van der Waals surface area contributed by atoms with Crippen molar-refractivity contribution in [2.45, 2.75) is 37.7 Å². The SMILES string of the molecule is Cc1ccc(C)c(N(CC(=O)N/N=C/c2ccc(OCC(=O)NCC3CCCO3)cc2)S(=O)(=O)c2ccccc2)c1. The second kappa shape index (κ2) is 13.9. The fourth-order valence-corrected chi connectivity index (χ4v) is 5.73. The third-order valence-electron chi connectivity index (χ3n) is 6.46. The van der Waals surface area contributed by atoms with Crippen LogP contribution >= 0.6 is 0 Å². The number of carbonyl (C=O) groups excluding carboxylic acids is 2. The van der Waals surface area contributed by atoms with E-state index in [-0.39, 0.29) is 23.5 Å². The summed E-state index contributed by atoms with van der Waals surface area (Å²) in [5, 5.41) is 6.79. The van der Waals surface area contributed by atoms with Gasteiger partial charge in [0.1, 0.15) is 12.3 Å². The molecule has 0 spiro atoms. The molecule has 0 radical (unpaired) electrons. The molecule has 11 heteroatoms. The second-order valence-corrected chi connectivity index (χ2v) is 11.6. The Labute approximate surface area is 240 Å². The Bertz CT molecular complexity index is 1470. The molecule has 0 saturated carbocycles. The van der Waals surface area contributed by atoms with Crippen molar-refractivity contribution in [3.05, 3.63) is 89.5 Å². The summed E-state index contributed by atoms with van der Waals surface area (Å²) in [7, 11) is -4.02. The number of carbonyl (C=O) groups is 2. The van der Waals surface area contributed by atoms with Gasteiger partial charge in [-0.1, -0.05) is 30.3 Å². The summed E-state index contributed by atoms with van der Waals surface area (Å²) in [4.78, 5) is 24.9. The third kappa shape index (κ3) is 8.38. The topological polar surface area (TPSA) is 126 Å². The smallest absolute Gasteiger partial charge is 0.264 e. The van der Waals surface area contributed by atoms with Crippen molar-refractivity contribution in [3.63, 3.8) is 0 Å². The highest BCUT2D eigenvalue weighted by molar-refractivity contribution is 7.92. The van der Waals surface area contributed by atoms with Gasteiger partial charge in [-0.2, -0.15) is 5.10 Å². The fourth-order valence-electron chi connectivity index (χ4n) is 4.24. The van der Waals surface area contributed by atoms with Crippen LogP contribution in [-0.4, -0.2) is 58.9 Å². The summed E-state index contributed by atoms with van der Waals surface area (Å²) in [6.07, 6.45) is 3.46. The van der Waals surface area contributed by atoms with E-state index in [1.54, 1.807) is 55.5 Å². The Morgan fingerprint density at radius 3 is 2.51 bits per heavy atom. The van der Waals surface area contributed by atoms with Crippen LogP contribution in [0.1, 0.15) is 29.5 Å². The Morgan fingerprint density at radius 1 is 1.05 bits per heavy atom. The van der Waals surface area contributed by atoms with Gasteiger partial charge in [-0.25, -0.2) is 13.8 Å². The maximum atomic E-state index is 13.5. The average Bonchev–Trinajstić information content (AvgIpc) is 3.50. The number of nitrogens with zero attached hydrogens (tertiary/aromatic N) is 2.